The molecule has 0 bridgehead atoms. The van der Waals surface area contributed by atoms with Crippen LogP contribution in [0.3, 0.4) is 0 Å². The van der Waals surface area contributed by atoms with Gasteiger partial charge in [0.05, 0.1) is 6.42 Å². The Morgan fingerprint density at radius 2 is 2.00 bits per heavy atom. The first-order valence-corrected chi connectivity index (χ1v) is 10.6. The fourth-order valence-electron chi connectivity index (χ4n) is 3.38. The Morgan fingerprint density at radius 3 is 2.69 bits per heavy atom. The number of rotatable bonds is 7. The molecule has 1 aliphatic rings. The maximum atomic E-state index is 12.6. The predicted octanol–water partition coefficient (Wildman–Crippen LogP) is 2.28. The quantitative estimate of drug-likeness (QED) is 0.427. The second kappa shape index (κ2) is 10.9. The van der Waals surface area contributed by atoms with E-state index in [-0.39, 0.29) is 5.91 Å². The Balaban J connectivity index is 1.47. The topological polar surface area (TPSA) is 65.8 Å². The zero-order chi connectivity index (χ0) is 20.5. The van der Waals surface area contributed by atoms with Crippen LogP contribution in [-0.4, -0.2) is 70.7 Å². The van der Waals surface area contributed by atoms with Crippen molar-refractivity contribution in [2.24, 2.45) is 4.99 Å². The molecule has 0 aliphatic carbocycles. The highest BCUT2D eigenvalue weighted by Gasteiger charge is 2.23. The lowest BCUT2D eigenvalue weighted by Gasteiger charge is -2.36. The highest BCUT2D eigenvalue weighted by atomic mass is 35.5. The van der Waals surface area contributed by atoms with Gasteiger partial charge in [-0.1, -0.05) is 23.7 Å². The van der Waals surface area contributed by atoms with E-state index < -0.39 is 0 Å². The third-order valence-electron chi connectivity index (χ3n) is 4.88. The third kappa shape index (κ3) is 6.49. The standard InChI is InChI=1S/C21H29ClN6O/c1-2-23-21(24-8-4-10-28-11-5-9-25-28)27-14-12-26(13-15-27)20(29)17-18-6-3-7-19(22)16-18/h3,5-7,9,11,16H,2,4,8,10,12-15,17H2,1H3,(H,23,24). The number of guanidine groups is 1. The van der Waals surface area contributed by atoms with Gasteiger partial charge in [0.2, 0.25) is 5.91 Å². The van der Waals surface area contributed by atoms with Crippen molar-refractivity contribution in [3.63, 3.8) is 0 Å². The summed E-state index contributed by atoms with van der Waals surface area (Å²) >= 11 is 6.02. The largest absolute Gasteiger partial charge is 0.357 e. The van der Waals surface area contributed by atoms with E-state index in [1.807, 2.05) is 46.1 Å². The van der Waals surface area contributed by atoms with Gasteiger partial charge in [-0.25, -0.2) is 0 Å². The molecule has 2 aromatic rings. The van der Waals surface area contributed by atoms with Crippen molar-refractivity contribution in [2.75, 3.05) is 39.3 Å². The number of halogens is 1. The number of carbonyl (C=O) groups excluding carboxylic acids is 1. The van der Waals surface area contributed by atoms with Crippen LogP contribution in [0, 0.1) is 0 Å². The lowest BCUT2D eigenvalue weighted by Crippen LogP contribution is -2.54. The SMILES string of the molecule is CCNC(=NCCCn1cccn1)N1CCN(C(=O)Cc2cccc(Cl)c2)CC1. The first-order chi connectivity index (χ1) is 14.2. The molecule has 1 amide bonds. The number of aromatic nitrogens is 2. The van der Waals surface area contributed by atoms with E-state index in [9.17, 15) is 4.79 Å². The smallest absolute Gasteiger partial charge is 0.227 e. The highest BCUT2D eigenvalue weighted by Crippen LogP contribution is 2.13. The molecule has 1 saturated heterocycles. The average molecular weight is 417 g/mol. The summed E-state index contributed by atoms with van der Waals surface area (Å²) < 4.78 is 1.92. The van der Waals surface area contributed by atoms with E-state index in [4.69, 9.17) is 16.6 Å². The van der Waals surface area contributed by atoms with Gasteiger partial charge < -0.3 is 15.1 Å². The Kier molecular flexibility index (Phi) is 7.93. The molecule has 0 unspecified atom stereocenters. The Hall–Kier alpha value is -2.54. The van der Waals surface area contributed by atoms with E-state index in [1.165, 1.54) is 0 Å². The van der Waals surface area contributed by atoms with Crippen molar-refractivity contribution >= 4 is 23.5 Å². The van der Waals surface area contributed by atoms with Gasteiger partial charge in [-0.3, -0.25) is 14.5 Å². The van der Waals surface area contributed by atoms with Crippen LogP contribution in [0.4, 0.5) is 0 Å². The highest BCUT2D eigenvalue weighted by molar-refractivity contribution is 6.30. The van der Waals surface area contributed by atoms with Gasteiger partial charge in [-0.2, -0.15) is 5.10 Å². The van der Waals surface area contributed by atoms with E-state index in [0.717, 1.165) is 50.7 Å². The molecule has 3 rings (SSSR count). The number of piperazine rings is 1. The van der Waals surface area contributed by atoms with E-state index >= 15 is 0 Å². The van der Waals surface area contributed by atoms with Crippen molar-refractivity contribution in [1.29, 1.82) is 0 Å². The number of hydrogen-bond acceptors (Lipinski definition) is 3. The summed E-state index contributed by atoms with van der Waals surface area (Å²) in [6, 6.07) is 9.44. The molecule has 1 aromatic carbocycles. The molecule has 0 atom stereocenters. The molecule has 156 valence electrons. The number of aryl methyl sites for hydroxylation is 1. The first-order valence-electron chi connectivity index (χ1n) is 10.2. The van der Waals surface area contributed by atoms with Gasteiger partial charge in [-0.15, -0.1) is 0 Å². The molecule has 0 spiro atoms. The molecular weight excluding hydrogens is 388 g/mol. The second-order valence-electron chi connectivity index (χ2n) is 7.03. The summed E-state index contributed by atoms with van der Waals surface area (Å²) in [5, 5.41) is 8.25. The number of aliphatic imine (C=N–C) groups is 1. The Labute approximate surface area is 177 Å². The number of nitrogens with one attached hydrogen (secondary N) is 1. The molecule has 2 heterocycles. The molecule has 1 fully saturated rings. The van der Waals surface area contributed by atoms with Crippen LogP contribution < -0.4 is 5.32 Å². The van der Waals surface area contributed by atoms with Crippen molar-refractivity contribution in [3.05, 3.63) is 53.3 Å². The van der Waals surface area contributed by atoms with Crippen molar-refractivity contribution in [1.82, 2.24) is 24.9 Å². The van der Waals surface area contributed by atoms with Crippen LogP contribution in [0.15, 0.2) is 47.7 Å². The number of benzene rings is 1. The summed E-state index contributed by atoms with van der Waals surface area (Å²) in [7, 11) is 0. The number of carbonyl (C=O) groups is 1. The van der Waals surface area contributed by atoms with Crippen molar-refractivity contribution in [3.8, 4) is 0 Å². The molecule has 1 N–H and O–H groups in total. The van der Waals surface area contributed by atoms with Crippen LogP contribution in [0.1, 0.15) is 18.9 Å². The average Bonchev–Trinajstić information content (AvgIpc) is 3.24. The minimum atomic E-state index is 0.146. The van der Waals surface area contributed by atoms with Gasteiger partial charge in [0.1, 0.15) is 0 Å². The van der Waals surface area contributed by atoms with Gasteiger partial charge in [0.15, 0.2) is 5.96 Å². The Morgan fingerprint density at radius 1 is 1.21 bits per heavy atom. The van der Waals surface area contributed by atoms with Gasteiger partial charge in [0.25, 0.3) is 0 Å². The van der Waals surface area contributed by atoms with E-state index in [0.29, 0.717) is 24.5 Å². The number of hydrogen-bond donors (Lipinski definition) is 1. The van der Waals surface area contributed by atoms with Crippen molar-refractivity contribution in [2.45, 2.75) is 26.3 Å². The van der Waals surface area contributed by atoms with Crippen molar-refractivity contribution < 1.29 is 4.79 Å². The lowest BCUT2D eigenvalue weighted by molar-refractivity contribution is -0.131. The summed E-state index contributed by atoms with van der Waals surface area (Å²) in [5.74, 6) is 1.07. The zero-order valence-electron chi connectivity index (χ0n) is 16.9. The maximum absolute atomic E-state index is 12.6. The van der Waals surface area contributed by atoms with Crippen LogP contribution in [0.25, 0.3) is 0 Å². The summed E-state index contributed by atoms with van der Waals surface area (Å²) in [5.41, 5.74) is 0.956. The molecule has 29 heavy (non-hydrogen) atoms. The van der Waals surface area contributed by atoms with Crippen LogP contribution >= 0.6 is 11.6 Å². The molecule has 8 heteroatoms. The molecule has 0 radical (unpaired) electrons. The minimum Gasteiger partial charge on any atom is -0.357 e. The lowest BCUT2D eigenvalue weighted by atomic mass is 10.1. The van der Waals surface area contributed by atoms with Gasteiger partial charge >= 0.3 is 0 Å². The normalized spacial score (nSPS) is 14.9. The molecule has 1 aromatic heterocycles. The van der Waals surface area contributed by atoms with Gasteiger partial charge in [0, 0.05) is 63.2 Å². The number of amides is 1. The maximum Gasteiger partial charge on any atom is 0.227 e. The Bertz CT molecular complexity index is 799. The fourth-order valence-corrected chi connectivity index (χ4v) is 3.59. The third-order valence-corrected chi connectivity index (χ3v) is 5.11. The second-order valence-corrected chi connectivity index (χ2v) is 7.47. The zero-order valence-corrected chi connectivity index (χ0v) is 17.7. The molecule has 0 saturated carbocycles. The summed E-state index contributed by atoms with van der Waals surface area (Å²) in [6.45, 7) is 7.49. The minimum absolute atomic E-state index is 0.146. The molecule has 7 nitrogen and oxygen atoms in total. The summed E-state index contributed by atoms with van der Waals surface area (Å²) in [4.78, 5) is 21.5. The first kappa shape index (κ1) is 21.2. The molecular formula is C21H29ClN6O. The van der Waals surface area contributed by atoms with Crippen LogP contribution in [0.5, 0.6) is 0 Å². The monoisotopic (exact) mass is 416 g/mol. The van der Waals surface area contributed by atoms with E-state index in [1.54, 1.807) is 6.20 Å². The van der Waals surface area contributed by atoms with E-state index in [2.05, 4.69) is 22.2 Å². The molecule has 1 aliphatic heterocycles. The van der Waals surface area contributed by atoms with Gasteiger partial charge in [-0.05, 0) is 37.1 Å². The summed E-state index contributed by atoms with van der Waals surface area (Å²) in [6.07, 6.45) is 5.09. The fraction of sp³-hybridized carbons (Fsp3) is 0.476. The van der Waals surface area contributed by atoms with Crippen LogP contribution in [0.2, 0.25) is 5.02 Å². The van der Waals surface area contributed by atoms with Crippen LogP contribution in [-0.2, 0) is 17.8 Å². The number of nitrogens with zero attached hydrogens (tertiary/aromatic N) is 5. The predicted molar refractivity (Wildman–Crippen MR) is 116 cm³/mol.